The number of rotatable bonds is 6. The van der Waals surface area contributed by atoms with Gasteiger partial charge in [-0.05, 0) is 55.4 Å². The molecule has 2 heterocycles. The summed E-state index contributed by atoms with van der Waals surface area (Å²) in [6.45, 7) is 1.04. The number of nitrogens with zero attached hydrogens (tertiary/aromatic N) is 4. The SMILES string of the molecule is N#Cc1cc(F)cc([C@@H]2CCON2C(=O)C2CCC(CNc3cc(C(N)=O)ncn3)CC2)c1. The van der Waals surface area contributed by atoms with Crippen molar-refractivity contribution in [2.45, 2.75) is 38.1 Å². The number of hydrogen-bond donors (Lipinski definition) is 2. The summed E-state index contributed by atoms with van der Waals surface area (Å²) in [5.41, 5.74) is 6.21. The number of hydrogen-bond acceptors (Lipinski definition) is 7. The maximum Gasteiger partial charge on any atom is 0.267 e. The molecule has 1 saturated carbocycles. The zero-order valence-corrected chi connectivity index (χ0v) is 18.0. The van der Waals surface area contributed by atoms with E-state index in [1.807, 2.05) is 6.07 Å². The van der Waals surface area contributed by atoms with E-state index < -0.39 is 17.8 Å². The number of nitriles is 1. The lowest BCUT2D eigenvalue weighted by molar-refractivity contribution is -0.183. The second-order valence-corrected chi connectivity index (χ2v) is 8.44. The Labute approximate surface area is 190 Å². The topological polar surface area (TPSA) is 134 Å². The van der Waals surface area contributed by atoms with Gasteiger partial charge in [-0.25, -0.2) is 19.4 Å². The van der Waals surface area contributed by atoms with Gasteiger partial charge < -0.3 is 11.1 Å². The van der Waals surface area contributed by atoms with Gasteiger partial charge in [-0.2, -0.15) is 5.26 Å². The third-order valence-corrected chi connectivity index (χ3v) is 6.24. The number of anilines is 1. The van der Waals surface area contributed by atoms with Crippen molar-refractivity contribution < 1.29 is 18.8 Å². The lowest BCUT2D eigenvalue weighted by Gasteiger charge is -2.32. The fourth-order valence-electron chi connectivity index (χ4n) is 4.49. The van der Waals surface area contributed by atoms with Gasteiger partial charge >= 0.3 is 0 Å². The van der Waals surface area contributed by atoms with Crippen molar-refractivity contribution in [2.75, 3.05) is 18.5 Å². The minimum Gasteiger partial charge on any atom is -0.370 e. The van der Waals surface area contributed by atoms with Gasteiger partial charge in [-0.1, -0.05) is 0 Å². The molecule has 33 heavy (non-hydrogen) atoms. The van der Waals surface area contributed by atoms with Gasteiger partial charge in [0.25, 0.3) is 5.91 Å². The molecule has 0 spiro atoms. The number of hydroxylamine groups is 2. The Morgan fingerprint density at radius 2 is 1.97 bits per heavy atom. The summed E-state index contributed by atoms with van der Waals surface area (Å²) in [6, 6.07) is 7.24. The van der Waals surface area contributed by atoms with Gasteiger partial charge in [0.2, 0.25) is 5.91 Å². The monoisotopic (exact) mass is 452 g/mol. The predicted molar refractivity (Wildman–Crippen MR) is 116 cm³/mol. The molecule has 1 aliphatic carbocycles. The number of carbonyl (C=O) groups excluding carboxylic acids is 2. The standard InChI is InChI=1S/C23H25FN6O3/c24-18-8-15(11-25)7-17(9-18)20-5-6-33-30(20)23(32)16-3-1-14(2-4-16)12-27-21-10-19(22(26)31)28-13-29-21/h7-10,13-14,16,20H,1-6,12H2,(H2,26,31)(H,27,28,29)/t14?,16?,20-/m0/s1. The highest BCUT2D eigenvalue weighted by Crippen LogP contribution is 2.36. The Kier molecular flexibility index (Phi) is 6.79. The fourth-order valence-corrected chi connectivity index (χ4v) is 4.49. The van der Waals surface area contributed by atoms with E-state index in [0.717, 1.165) is 25.7 Å². The van der Waals surface area contributed by atoms with E-state index in [-0.39, 0.29) is 23.1 Å². The average Bonchev–Trinajstić information content (AvgIpc) is 3.32. The Morgan fingerprint density at radius 1 is 1.18 bits per heavy atom. The highest BCUT2D eigenvalue weighted by Gasteiger charge is 2.37. The van der Waals surface area contributed by atoms with Crippen molar-refractivity contribution in [1.82, 2.24) is 15.0 Å². The summed E-state index contributed by atoms with van der Waals surface area (Å²) >= 11 is 0. The van der Waals surface area contributed by atoms with E-state index in [0.29, 0.717) is 36.9 Å². The molecule has 9 nitrogen and oxygen atoms in total. The third-order valence-electron chi connectivity index (χ3n) is 6.24. The Morgan fingerprint density at radius 3 is 2.70 bits per heavy atom. The lowest BCUT2D eigenvalue weighted by atomic mass is 9.81. The van der Waals surface area contributed by atoms with E-state index in [2.05, 4.69) is 15.3 Å². The smallest absolute Gasteiger partial charge is 0.267 e. The third kappa shape index (κ3) is 5.26. The fraction of sp³-hybridized carbons (Fsp3) is 0.435. The van der Waals surface area contributed by atoms with Crippen LogP contribution in [-0.4, -0.2) is 40.0 Å². The van der Waals surface area contributed by atoms with Crippen LogP contribution in [0.5, 0.6) is 0 Å². The van der Waals surface area contributed by atoms with Crippen LogP contribution < -0.4 is 11.1 Å². The molecule has 0 bridgehead atoms. The molecule has 0 unspecified atom stereocenters. The van der Waals surface area contributed by atoms with E-state index >= 15 is 0 Å². The van der Waals surface area contributed by atoms with Crippen LogP contribution in [0.3, 0.4) is 0 Å². The summed E-state index contributed by atoms with van der Waals surface area (Å²) in [5.74, 6) is -0.457. The minimum absolute atomic E-state index is 0.0893. The molecule has 1 aromatic heterocycles. The molecule has 10 heteroatoms. The van der Waals surface area contributed by atoms with Crippen LogP contribution >= 0.6 is 0 Å². The number of carbonyl (C=O) groups is 2. The summed E-state index contributed by atoms with van der Waals surface area (Å²) in [4.78, 5) is 38.0. The number of halogens is 1. The largest absolute Gasteiger partial charge is 0.370 e. The lowest BCUT2D eigenvalue weighted by Crippen LogP contribution is -2.37. The summed E-state index contributed by atoms with van der Waals surface area (Å²) < 4.78 is 13.9. The van der Waals surface area contributed by atoms with Crippen LogP contribution in [0.4, 0.5) is 10.2 Å². The molecule has 2 aromatic rings. The number of nitrogens with one attached hydrogen (secondary N) is 1. The van der Waals surface area contributed by atoms with Crippen LogP contribution in [0, 0.1) is 29.0 Å². The molecule has 4 rings (SSSR count). The number of benzene rings is 1. The average molecular weight is 452 g/mol. The van der Waals surface area contributed by atoms with Gasteiger partial charge in [0, 0.05) is 24.9 Å². The van der Waals surface area contributed by atoms with E-state index in [1.165, 1.54) is 29.6 Å². The quantitative estimate of drug-likeness (QED) is 0.688. The second kappa shape index (κ2) is 9.92. The predicted octanol–water partition coefficient (Wildman–Crippen LogP) is 2.71. The number of amides is 2. The molecule has 3 N–H and O–H groups in total. The summed E-state index contributed by atoms with van der Waals surface area (Å²) in [5, 5.41) is 13.7. The first-order chi connectivity index (χ1) is 15.9. The normalized spacial score (nSPS) is 22.5. The first kappa shape index (κ1) is 22.6. The number of nitrogens with two attached hydrogens (primary N) is 1. The van der Waals surface area contributed by atoms with Crippen LogP contribution in [0.25, 0.3) is 0 Å². The Balaban J connectivity index is 1.32. The van der Waals surface area contributed by atoms with Crippen molar-refractivity contribution in [1.29, 1.82) is 5.26 Å². The van der Waals surface area contributed by atoms with E-state index in [1.54, 1.807) is 6.07 Å². The molecule has 0 radical (unpaired) electrons. The number of primary amides is 1. The Hall–Kier alpha value is -3.58. The van der Waals surface area contributed by atoms with Crippen molar-refractivity contribution in [3.8, 4) is 6.07 Å². The maximum atomic E-state index is 13.9. The molecule has 2 fully saturated rings. The van der Waals surface area contributed by atoms with Gasteiger partial charge in [0.15, 0.2) is 0 Å². The highest BCUT2D eigenvalue weighted by atomic mass is 19.1. The Bertz CT molecular complexity index is 1080. The van der Waals surface area contributed by atoms with E-state index in [4.69, 9.17) is 15.8 Å². The van der Waals surface area contributed by atoms with Crippen LogP contribution in [0.2, 0.25) is 0 Å². The first-order valence-electron chi connectivity index (χ1n) is 11.0. The van der Waals surface area contributed by atoms with Crippen molar-refractivity contribution in [2.24, 2.45) is 17.6 Å². The van der Waals surface area contributed by atoms with Gasteiger partial charge in [0.1, 0.15) is 23.7 Å². The number of aromatic nitrogens is 2. The molecule has 2 amide bonds. The zero-order chi connectivity index (χ0) is 23.4. The molecule has 1 aromatic carbocycles. The van der Waals surface area contributed by atoms with Crippen LogP contribution in [0.15, 0.2) is 30.6 Å². The molecule has 172 valence electrons. The van der Waals surface area contributed by atoms with Gasteiger partial charge in [-0.3, -0.25) is 14.4 Å². The van der Waals surface area contributed by atoms with Gasteiger partial charge in [0.05, 0.1) is 24.3 Å². The minimum atomic E-state index is -0.607. The summed E-state index contributed by atoms with van der Waals surface area (Å²) in [6.07, 6.45) is 5.01. The second-order valence-electron chi connectivity index (χ2n) is 8.44. The molecular formula is C23H25FN6O3. The van der Waals surface area contributed by atoms with Crippen molar-refractivity contribution in [3.63, 3.8) is 0 Å². The van der Waals surface area contributed by atoms with Crippen molar-refractivity contribution in [3.05, 3.63) is 53.2 Å². The molecule has 1 atom stereocenters. The molecule has 2 aliphatic rings. The molecule has 1 aliphatic heterocycles. The summed E-state index contributed by atoms with van der Waals surface area (Å²) in [7, 11) is 0. The maximum absolute atomic E-state index is 13.9. The first-order valence-corrected chi connectivity index (χ1v) is 11.0. The molecule has 1 saturated heterocycles. The van der Waals surface area contributed by atoms with E-state index in [9.17, 15) is 14.0 Å². The van der Waals surface area contributed by atoms with Crippen LogP contribution in [0.1, 0.15) is 59.8 Å². The van der Waals surface area contributed by atoms with Crippen molar-refractivity contribution >= 4 is 17.6 Å². The van der Waals surface area contributed by atoms with Crippen LogP contribution in [-0.2, 0) is 9.63 Å². The highest BCUT2D eigenvalue weighted by molar-refractivity contribution is 5.91. The zero-order valence-electron chi connectivity index (χ0n) is 18.0. The molecular weight excluding hydrogens is 427 g/mol. The van der Waals surface area contributed by atoms with Gasteiger partial charge in [-0.15, -0.1) is 0 Å².